The molecule has 1 aromatic heterocycles. The molecule has 2 aliphatic rings. The molecule has 0 N–H and O–H groups in total. The highest BCUT2D eigenvalue weighted by Crippen LogP contribution is 2.29. The van der Waals surface area contributed by atoms with E-state index >= 15 is 0 Å². The summed E-state index contributed by atoms with van der Waals surface area (Å²) >= 11 is 1.61. The summed E-state index contributed by atoms with van der Waals surface area (Å²) in [6.45, 7) is 7.23. The Labute approximate surface area is 201 Å². The van der Waals surface area contributed by atoms with E-state index in [2.05, 4.69) is 9.88 Å². The maximum absolute atomic E-state index is 14.0. The third-order valence-corrected chi connectivity index (χ3v) is 7.20. The van der Waals surface area contributed by atoms with Crippen LogP contribution in [0.25, 0.3) is 0 Å². The summed E-state index contributed by atoms with van der Waals surface area (Å²) in [4.78, 5) is 26.0. The third-order valence-electron chi connectivity index (χ3n) is 6.36. The van der Waals surface area contributed by atoms with Crippen LogP contribution in [0, 0.1) is 24.4 Å². The predicted molar refractivity (Wildman–Crippen MR) is 123 cm³/mol. The van der Waals surface area contributed by atoms with Gasteiger partial charge in [-0.25, -0.2) is 23.1 Å². The average molecular weight is 495 g/mol. The van der Waals surface area contributed by atoms with Crippen LogP contribution in [0.3, 0.4) is 0 Å². The summed E-state index contributed by atoms with van der Waals surface area (Å²) in [6.07, 6.45) is 2.93. The van der Waals surface area contributed by atoms with Crippen LogP contribution in [0.15, 0.2) is 23.5 Å². The van der Waals surface area contributed by atoms with E-state index in [0.29, 0.717) is 18.2 Å². The Kier molecular flexibility index (Phi) is 8.44. The van der Waals surface area contributed by atoms with Gasteiger partial charge >= 0.3 is 0 Å². The van der Waals surface area contributed by atoms with Crippen molar-refractivity contribution >= 4 is 17.7 Å². The average Bonchev–Trinajstić information content (AvgIpc) is 2.86. The number of rotatable bonds is 7. The predicted octanol–water partition coefficient (Wildman–Crippen LogP) is 3.58. The minimum absolute atomic E-state index is 0.0153. The normalized spacial score (nSPS) is 19.4. The van der Waals surface area contributed by atoms with Gasteiger partial charge in [0.15, 0.2) is 16.8 Å². The standard InChI is InChI=1S/C24H29F3N4O2S/c1-16-14-28-24(34-12-9-30-7-10-33-11-8-30)29-23(16)17-3-2-6-31(15-17)21(32)13-18-19(25)4-5-20(26)22(18)27/h4-5,14,17H,2-3,6-13,15H2,1H3. The number of nitrogens with zero attached hydrogens (tertiary/aromatic N) is 4. The lowest BCUT2D eigenvalue weighted by Crippen LogP contribution is -2.40. The molecular weight excluding hydrogens is 465 g/mol. The molecule has 0 spiro atoms. The highest BCUT2D eigenvalue weighted by Gasteiger charge is 2.28. The fraction of sp³-hybridized carbons (Fsp3) is 0.542. The quantitative estimate of drug-likeness (QED) is 0.333. The largest absolute Gasteiger partial charge is 0.379 e. The van der Waals surface area contributed by atoms with Crippen LogP contribution in [0.2, 0.25) is 0 Å². The van der Waals surface area contributed by atoms with E-state index in [1.165, 1.54) is 0 Å². The Morgan fingerprint density at radius 1 is 1.18 bits per heavy atom. The smallest absolute Gasteiger partial charge is 0.227 e. The number of likely N-dealkylation sites (tertiary alicyclic amines) is 1. The van der Waals surface area contributed by atoms with Crippen LogP contribution in [-0.4, -0.2) is 77.4 Å². The van der Waals surface area contributed by atoms with Crippen LogP contribution in [0.5, 0.6) is 0 Å². The number of hydrogen-bond donors (Lipinski definition) is 0. The molecule has 3 heterocycles. The number of carbonyl (C=O) groups excluding carboxylic acids is 1. The van der Waals surface area contributed by atoms with E-state index in [9.17, 15) is 18.0 Å². The van der Waals surface area contributed by atoms with Gasteiger partial charge in [0.05, 0.1) is 25.3 Å². The van der Waals surface area contributed by atoms with Crippen molar-refractivity contribution in [3.63, 3.8) is 0 Å². The zero-order valence-corrected chi connectivity index (χ0v) is 20.1. The Hall–Kier alpha value is -2.17. The molecule has 2 fully saturated rings. The number of morpholine rings is 1. The zero-order valence-electron chi connectivity index (χ0n) is 19.2. The zero-order chi connectivity index (χ0) is 24.1. The first kappa shape index (κ1) is 24.9. The molecule has 0 bridgehead atoms. The number of ether oxygens (including phenoxy) is 1. The Morgan fingerprint density at radius 3 is 2.74 bits per heavy atom. The van der Waals surface area contributed by atoms with Gasteiger partial charge in [-0.15, -0.1) is 0 Å². The van der Waals surface area contributed by atoms with E-state index < -0.39 is 35.3 Å². The second kappa shape index (κ2) is 11.5. The van der Waals surface area contributed by atoms with E-state index in [1.807, 2.05) is 13.1 Å². The molecule has 2 saturated heterocycles. The summed E-state index contributed by atoms with van der Waals surface area (Å²) in [5, 5.41) is 0.709. The molecule has 184 valence electrons. The summed E-state index contributed by atoms with van der Waals surface area (Å²) in [6, 6.07) is 1.58. The van der Waals surface area contributed by atoms with E-state index in [1.54, 1.807) is 16.7 Å². The number of hydrogen-bond acceptors (Lipinski definition) is 6. The minimum atomic E-state index is -1.30. The molecule has 6 nitrogen and oxygen atoms in total. The Balaban J connectivity index is 1.39. The van der Waals surface area contributed by atoms with Gasteiger partial charge in [0.1, 0.15) is 5.82 Å². The van der Waals surface area contributed by atoms with Gasteiger partial charge in [0, 0.05) is 56.2 Å². The van der Waals surface area contributed by atoms with Crippen LogP contribution >= 0.6 is 11.8 Å². The topological polar surface area (TPSA) is 58.6 Å². The summed E-state index contributed by atoms with van der Waals surface area (Å²) in [5.74, 6) is -2.89. The van der Waals surface area contributed by atoms with Crippen molar-refractivity contribution in [1.29, 1.82) is 0 Å². The van der Waals surface area contributed by atoms with Crippen LogP contribution in [-0.2, 0) is 16.0 Å². The van der Waals surface area contributed by atoms with Gasteiger partial charge in [-0.2, -0.15) is 0 Å². The maximum atomic E-state index is 14.0. The van der Waals surface area contributed by atoms with Gasteiger partial charge < -0.3 is 9.64 Å². The fourth-order valence-electron chi connectivity index (χ4n) is 4.43. The number of piperidine rings is 1. The molecule has 34 heavy (non-hydrogen) atoms. The lowest BCUT2D eigenvalue weighted by atomic mass is 9.92. The van der Waals surface area contributed by atoms with Crippen molar-refractivity contribution in [3.8, 4) is 0 Å². The van der Waals surface area contributed by atoms with E-state index in [0.717, 1.165) is 74.8 Å². The van der Waals surface area contributed by atoms with Gasteiger partial charge in [-0.05, 0) is 37.5 Å². The number of aryl methyl sites for hydroxylation is 1. The van der Waals surface area contributed by atoms with E-state index in [-0.39, 0.29) is 5.92 Å². The minimum Gasteiger partial charge on any atom is -0.379 e. The Morgan fingerprint density at radius 2 is 1.94 bits per heavy atom. The molecule has 2 aliphatic heterocycles. The molecule has 1 amide bonds. The highest BCUT2D eigenvalue weighted by atomic mass is 32.2. The second-order valence-corrected chi connectivity index (χ2v) is 9.76. The van der Waals surface area contributed by atoms with Crippen LogP contribution in [0.1, 0.15) is 35.6 Å². The molecule has 4 rings (SSSR count). The van der Waals surface area contributed by atoms with Gasteiger partial charge in [0.25, 0.3) is 0 Å². The van der Waals surface area contributed by atoms with Crippen molar-refractivity contribution in [1.82, 2.24) is 19.8 Å². The second-order valence-electron chi connectivity index (χ2n) is 8.70. The van der Waals surface area contributed by atoms with Crippen molar-refractivity contribution in [2.75, 3.05) is 51.7 Å². The summed E-state index contributed by atoms with van der Waals surface area (Å²) in [5.41, 5.74) is 1.34. The first-order valence-corrected chi connectivity index (χ1v) is 12.6. The SMILES string of the molecule is Cc1cnc(SCCN2CCOCC2)nc1C1CCCN(C(=O)Cc2c(F)ccc(F)c2F)C1. The molecule has 1 unspecified atom stereocenters. The lowest BCUT2D eigenvalue weighted by molar-refractivity contribution is -0.131. The Bertz CT molecular complexity index is 1020. The summed E-state index contributed by atoms with van der Waals surface area (Å²) in [7, 11) is 0. The monoisotopic (exact) mass is 494 g/mol. The highest BCUT2D eigenvalue weighted by molar-refractivity contribution is 7.99. The molecule has 0 aliphatic carbocycles. The number of halogens is 3. The fourth-order valence-corrected chi connectivity index (χ4v) is 5.26. The number of thioether (sulfide) groups is 1. The first-order valence-electron chi connectivity index (χ1n) is 11.6. The molecule has 2 aromatic rings. The van der Waals surface area contributed by atoms with Crippen molar-refractivity contribution < 1.29 is 22.7 Å². The van der Waals surface area contributed by atoms with Crippen molar-refractivity contribution in [3.05, 3.63) is 52.6 Å². The van der Waals surface area contributed by atoms with Gasteiger partial charge in [0.2, 0.25) is 5.91 Å². The third kappa shape index (κ3) is 6.09. The molecule has 1 atom stereocenters. The lowest BCUT2D eigenvalue weighted by Gasteiger charge is -2.33. The number of carbonyl (C=O) groups is 1. The first-order chi connectivity index (χ1) is 16.4. The van der Waals surface area contributed by atoms with Crippen molar-refractivity contribution in [2.24, 2.45) is 0 Å². The van der Waals surface area contributed by atoms with Gasteiger partial charge in [-0.3, -0.25) is 9.69 Å². The number of benzene rings is 1. The maximum Gasteiger partial charge on any atom is 0.227 e. The molecule has 0 saturated carbocycles. The molecular formula is C24H29F3N4O2S. The molecule has 1 aromatic carbocycles. The van der Waals surface area contributed by atoms with Crippen molar-refractivity contribution in [2.45, 2.75) is 37.3 Å². The van der Waals surface area contributed by atoms with Crippen LogP contribution < -0.4 is 0 Å². The number of amides is 1. The van der Waals surface area contributed by atoms with E-state index in [4.69, 9.17) is 9.72 Å². The number of aromatic nitrogens is 2. The van der Waals surface area contributed by atoms with Gasteiger partial charge in [-0.1, -0.05) is 11.8 Å². The summed E-state index contributed by atoms with van der Waals surface area (Å²) < 4.78 is 46.9. The molecule has 10 heteroatoms. The molecule has 0 radical (unpaired) electrons. The van der Waals surface area contributed by atoms with Crippen LogP contribution in [0.4, 0.5) is 13.2 Å².